The lowest BCUT2D eigenvalue weighted by molar-refractivity contribution is 0.0662. The molecule has 2 aromatic carbocycles. The molecule has 8 nitrogen and oxygen atoms in total. The number of nitrogens with zero attached hydrogens (tertiary/aromatic N) is 4. The van der Waals surface area contributed by atoms with Gasteiger partial charge in [-0.2, -0.15) is 0 Å². The van der Waals surface area contributed by atoms with Crippen LogP contribution >= 0.6 is 23.1 Å². The topological polar surface area (TPSA) is 87.9 Å². The van der Waals surface area contributed by atoms with Crippen LogP contribution in [0.25, 0.3) is 0 Å². The molecule has 0 saturated heterocycles. The lowest BCUT2D eigenvalue weighted by Crippen LogP contribution is -2.55. The van der Waals surface area contributed by atoms with Crippen LogP contribution in [-0.2, 0) is 18.9 Å². The molecular formula is C26H18F2N4O4S2. The lowest BCUT2D eigenvalue weighted by atomic mass is 9.92. The molecule has 3 aliphatic heterocycles. The number of ether oxygens (including phenoxy) is 1. The van der Waals surface area contributed by atoms with E-state index in [-0.39, 0.29) is 42.6 Å². The first-order valence-electron chi connectivity index (χ1n) is 11.7. The Kier molecular flexibility index (Phi) is 5.24. The molecule has 3 aliphatic rings. The van der Waals surface area contributed by atoms with Gasteiger partial charge in [0.25, 0.3) is 5.91 Å². The normalized spacial score (nSPS) is 17.8. The summed E-state index contributed by atoms with van der Waals surface area (Å²) in [5.41, 5.74) is 2.68. The minimum absolute atomic E-state index is 0.0205. The van der Waals surface area contributed by atoms with Gasteiger partial charge in [-0.15, -0.1) is 23.1 Å². The Balaban J connectivity index is 1.58. The van der Waals surface area contributed by atoms with Crippen LogP contribution in [0.2, 0.25) is 0 Å². The van der Waals surface area contributed by atoms with Crippen LogP contribution in [0.4, 0.5) is 8.78 Å². The number of benzene rings is 2. The van der Waals surface area contributed by atoms with E-state index in [0.29, 0.717) is 11.3 Å². The van der Waals surface area contributed by atoms with E-state index in [0.717, 1.165) is 21.4 Å². The van der Waals surface area contributed by atoms with Crippen LogP contribution < -0.4 is 15.2 Å². The number of halogens is 2. The van der Waals surface area contributed by atoms with Gasteiger partial charge in [0.1, 0.15) is 25.1 Å². The maximum atomic E-state index is 15.5. The summed E-state index contributed by atoms with van der Waals surface area (Å²) in [6, 6.07) is 9.02. The van der Waals surface area contributed by atoms with Crippen LogP contribution in [0.1, 0.15) is 43.8 Å². The SMILES string of the molecule is O=C1c2c(O)c(=O)ccn2N2CN1Cc1ncsc1COc1cc(F)c(F)c3c1C2c1ccccc1SC3. The molecular weight excluding hydrogens is 534 g/mol. The summed E-state index contributed by atoms with van der Waals surface area (Å²) in [6.07, 6.45) is 1.42. The second-order valence-electron chi connectivity index (χ2n) is 9.11. The Labute approximate surface area is 222 Å². The molecule has 38 heavy (non-hydrogen) atoms. The Hall–Kier alpha value is -3.90. The van der Waals surface area contributed by atoms with Gasteiger partial charge in [-0.1, -0.05) is 18.2 Å². The first kappa shape index (κ1) is 23.2. The number of thiazole rings is 1. The molecule has 0 fully saturated rings. The standard InChI is InChI=1S/C26H18F2N4O4S2/c27-15-7-18-21-14(22(15)28)10-37-19-4-2-1-3-13(19)23(21)32-12-30(8-16-20(9-36-18)38-11-29-16)26(35)24-25(34)17(33)5-6-31(24)32/h1-7,11,23,34H,8-10,12H2. The van der Waals surface area contributed by atoms with Crippen molar-refractivity contribution >= 4 is 29.0 Å². The largest absolute Gasteiger partial charge is 0.502 e. The summed E-state index contributed by atoms with van der Waals surface area (Å²) < 4.78 is 38.0. The van der Waals surface area contributed by atoms with Crippen LogP contribution in [-0.4, -0.2) is 32.2 Å². The molecule has 0 radical (unpaired) electrons. The summed E-state index contributed by atoms with van der Waals surface area (Å²) >= 11 is 2.71. The molecule has 12 heteroatoms. The van der Waals surface area contributed by atoms with E-state index in [4.69, 9.17) is 4.74 Å². The molecule has 192 valence electrons. The molecule has 1 atom stereocenters. The molecule has 1 N–H and O–H groups in total. The fraction of sp³-hybridized carbons (Fsp3) is 0.192. The van der Waals surface area contributed by atoms with Gasteiger partial charge in [0.15, 0.2) is 23.1 Å². The Morgan fingerprint density at radius 3 is 2.87 bits per heavy atom. The monoisotopic (exact) mass is 552 g/mol. The lowest BCUT2D eigenvalue weighted by Gasteiger charge is -2.44. The fourth-order valence-electron chi connectivity index (χ4n) is 5.26. The van der Waals surface area contributed by atoms with E-state index in [1.165, 1.54) is 44.9 Å². The third-order valence-corrected chi connectivity index (χ3v) is 9.01. The van der Waals surface area contributed by atoms with Gasteiger partial charge in [0.2, 0.25) is 5.43 Å². The summed E-state index contributed by atoms with van der Waals surface area (Å²) in [7, 11) is 0. The molecule has 7 rings (SSSR count). The fourth-order valence-corrected chi connectivity index (χ4v) is 7.05. The zero-order valence-electron chi connectivity index (χ0n) is 19.6. The van der Waals surface area contributed by atoms with Crippen molar-refractivity contribution in [2.24, 2.45) is 0 Å². The van der Waals surface area contributed by atoms with Crippen molar-refractivity contribution in [2.45, 2.75) is 29.8 Å². The minimum Gasteiger partial charge on any atom is -0.502 e. The maximum absolute atomic E-state index is 15.5. The average molecular weight is 553 g/mol. The number of fused-ring (bicyclic) bond motifs is 8. The number of aromatic hydroxyl groups is 1. The van der Waals surface area contributed by atoms with E-state index >= 15 is 4.39 Å². The summed E-state index contributed by atoms with van der Waals surface area (Å²) in [4.78, 5) is 33.5. The van der Waals surface area contributed by atoms with Crippen molar-refractivity contribution in [2.75, 3.05) is 11.7 Å². The third kappa shape index (κ3) is 3.36. The predicted molar refractivity (Wildman–Crippen MR) is 136 cm³/mol. The second kappa shape index (κ2) is 8.57. The number of thioether (sulfide) groups is 1. The van der Waals surface area contributed by atoms with Crippen LogP contribution in [0.15, 0.2) is 57.8 Å². The number of aromatic nitrogens is 2. The van der Waals surface area contributed by atoms with Crippen molar-refractivity contribution in [3.8, 4) is 11.5 Å². The van der Waals surface area contributed by atoms with Gasteiger partial charge in [-0.3, -0.25) is 19.3 Å². The Bertz CT molecular complexity index is 1710. The van der Waals surface area contributed by atoms with Crippen molar-refractivity contribution < 1.29 is 23.4 Å². The van der Waals surface area contributed by atoms with E-state index in [2.05, 4.69) is 4.98 Å². The van der Waals surface area contributed by atoms with Gasteiger partial charge in [-0.05, 0) is 11.6 Å². The van der Waals surface area contributed by atoms with E-state index < -0.39 is 34.8 Å². The third-order valence-electron chi connectivity index (χ3n) is 7.04. The van der Waals surface area contributed by atoms with Gasteiger partial charge >= 0.3 is 0 Å². The highest BCUT2D eigenvalue weighted by Crippen LogP contribution is 2.48. The van der Waals surface area contributed by atoms with Crippen molar-refractivity contribution in [1.29, 1.82) is 0 Å². The number of hydrogen-bond acceptors (Lipinski definition) is 8. The molecule has 2 bridgehead atoms. The minimum atomic E-state index is -1.01. The molecule has 0 spiro atoms. The van der Waals surface area contributed by atoms with E-state index in [1.54, 1.807) is 10.5 Å². The number of amides is 1. The predicted octanol–water partition coefficient (Wildman–Crippen LogP) is 4.13. The average Bonchev–Trinajstić information content (AvgIpc) is 3.27. The molecule has 0 saturated carbocycles. The first-order valence-corrected chi connectivity index (χ1v) is 13.6. The summed E-state index contributed by atoms with van der Waals surface area (Å²) in [6.45, 7) is 0.166. The molecule has 4 aromatic rings. The molecule has 2 aromatic heterocycles. The first-order chi connectivity index (χ1) is 18.4. The number of pyridine rings is 1. The van der Waals surface area contributed by atoms with E-state index in [1.807, 2.05) is 24.3 Å². The van der Waals surface area contributed by atoms with Crippen molar-refractivity contribution in [1.82, 2.24) is 14.6 Å². The van der Waals surface area contributed by atoms with Crippen LogP contribution in [0.3, 0.4) is 0 Å². The number of hydrogen-bond donors (Lipinski definition) is 1. The zero-order valence-corrected chi connectivity index (χ0v) is 21.2. The van der Waals surface area contributed by atoms with E-state index in [9.17, 15) is 19.1 Å². The Morgan fingerprint density at radius 1 is 1.16 bits per heavy atom. The van der Waals surface area contributed by atoms with Gasteiger partial charge in [-0.25, -0.2) is 13.8 Å². The summed E-state index contributed by atoms with van der Waals surface area (Å²) in [5.74, 6) is -2.86. The summed E-state index contributed by atoms with van der Waals surface area (Å²) in [5, 5.41) is 12.5. The van der Waals surface area contributed by atoms with Gasteiger partial charge < -0.3 is 14.7 Å². The highest BCUT2D eigenvalue weighted by Gasteiger charge is 2.41. The molecule has 5 heterocycles. The van der Waals surface area contributed by atoms with Crippen molar-refractivity contribution in [3.63, 3.8) is 0 Å². The maximum Gasteiger partial charge on any atom is 0.278 e. The molecule has 1 unspecified atom stereocenters. The molecule has 0 aliphatic carbocycles. The highest BCUT2D eigenvalue weighted by molar-refractivity contribution is 7.98. The molecule has 1 amide bonds. The van der Waals surface area contributed by atoms with Crippen LogP contribution in [0, 0.1) is 11.6 Å². The number of rotatable bonds is 0. The quantitative estimate of drug-likeness (QED) is 0.351. The Morgan fingerprint density at radius 2 is 2.00 bits per heavy atom. The van der Waals surface area contributed by atoms with Gasteiger partial charge in [0.05, 0.1) is 22.6 Å². The van der Waals surface area contributed by atoms with Crippen LogP contribution in [0.5, 0.6) is 11.5 Å². The van der Waals surface area contributed by atoms with Crippen molar-refractivity contribution in [3.05, 3.63) is 103 Å². The smallest absolute Gasteiger partial charge is 0.278 e. The number of carbonyl (C=O) groups excluding carboxylic acids is 1. The number of carbonyl (C=O) groups is 1. The van der Waals surface area contributed by atoms with Gasteiger partial charge in [0, 0.05) is 40.1 Å². The highest BCUT2D eigenvalue weighted by atomic mass is 32.2. The second-order valence-corrected chi connectivity index (χ2v) is 11.1. The zero-order chi connectivity index (χ0) is 26.1.